The van der Waals surface area contributed by atoms with E-state index in [0.29, 0.717) is 10.7 Å². The maximum absolute atomic E-state index is 12.3. The molecule has 5 nitrogen and oxygen atoms in total. The summed E-state index contributed by atoms with van der Waals surface area (Å²) in [7, 11) is 0. The van der Waals surface area contributed by atoms with Crippen LogP contribution in [-0.2, 0) is 0 Å². The fraction of sp³-hybridized carbons (Fsp3) is 0.0909. The van der Waals surface area contributed by atoms with Crippen LogP contribution in [0.4, 0.5) is 8.78 Å². The molecule has 0 amide bonds. The molecule has 2 rings (SSSR count). The first-order chi connectivity index (χ1) is 8.97. The minimum atomic E-state index is -3.08. The number of benzene rings is 1. The first kappa shape index (κ1) is 13.3. The van der Waals surface area contributed by atoms with E-state index in [1.165, 1.54) is 24.3 Å². The summed E-state index contributed by atoms with van der Waals surface area (Å²) in [4.78, 5) is 10.8. The van der Waals surface area contributed by atoms with Gasteiger partial charge in [-0.15, -0.1) is 0 Å². The Kier molecular flexibility index (Phi) is 3.66. The lowest BCUT2D eigenvalue weighted by Crippen LogP contribution is -2.07. The number of halogens is 3. The van der Waals surface area contributed by atoms with E-state index < -0.39 is 18.3 Å². The first-order valence-electron chi connectivity index (χ1n) is 5.01. The Morgan fingerprint density at radius 2 is 2.00 bits per heavy atom. The van der Waals surface area contributed by atoms with Gasteiger partial charge in [0.2, 0.25) is 5.88 Å². The molecule has 0 bridgehead atoms. The van der Waals surface area contributed by atoms with Crippen molar-refractivity contribution in [3.8, 4) is 11.6 Å². The van der Waals surface area contributed by atoms with E-state index in [0.717, 1.165) is 10.7 Å². The summed E-state index contributed by atoms with van der Waals surface area (Å²) in [5, 5.41) is 12.9. The summed E-state index contributed by atoms with van der Waals surface area (Å²) in [6.45, 7) is -3.08. The highest BCUT2D eigenvalue weighted by Gasteiger charge is 2.18. The van der Waals surface area contributed by atoms with Crippen LogP contribution >= 0.6 is 11.6 Å². The Morgan fingerprint density at radius 1 is 1.37 bits per heavy atom. The molecule has 19 heavy (non-hydrogen) atoms. The Morgan fingerprint density at radius 3 is 2.53 bits per heavy atom. The zero-order chi connectivity index (χ0) is 14.0. The van der Waals surface area contributed by atoms with Crippen molar-refractivity contribution in [2.75, 3.05) is 0 Å². The largest absolute Gasteiger partial charge is 0.476 e. The number of aromatic carboxylic acids is 1. The van der Waals surface area contributed by atoms with Crippen molar-refractivity contribution in [2.45, 2.75) is 6.61 Å². The number of aromatic nitrogens is 2. The maximum Gasteiger partial charge on any atom is 0.388 e. The molecule has 8 heteroatoms. The minimum absolute atomic E-state index is 0.354. The third-order valence-corrected chi connectivity index (χ3v) is 2.43. The molecule has 100 valence electrons. The molecular formula is C11H7ClF2N2O3. The van der Waals surface area contributed by atoms with Crippen molar-refractivity contribution < 1.29 is 23.4 Å². The van der Waals surface area contributed by atoms with Gasteiger partial charge in [0, 0.05) is 11.1 Å². The van der Waals surface area contributed by atoms with E-state index in [9.17, 15) is 13.6 Å². The van der Waals surface area contributed by atoms with Crippen molar-refractivity contribution in [2.24, 2.45) is 0 Å². The zero-order valence-corrected chi connectivity index (χ0v) is 10.0. The van der Waals surface area contributed by atoms with E-state index in [4.69, 9.17) is 16.7 Å². The molecule has 0 aliphatic heterocycles. The molecule has 0 radical (unpaired) electrons. The molecule has 0 atom stereocenters. The fourth-order valence-electron chi connectivity index (χ4n) is 1.41. The second-order valence-corrected chi connectivity index (χ2v) is 3.88. The molecule has 0 fully saturated rings. The number of nitrogens with zero attached hydrogens (tertiary/aromatic N) is 2. The lowest BCUT2D eigenvalue weighted by molar-refractivity contribution is -0.0544. The molecule has 1 heterocycles. The third-order valence-electron chi connectivity index (χ3n) is 2.18. The van der Waals surface area contributed by atoms with Crippen LogP contribution in [0.25, 0.3) is 5.69 Å². The normalized spacial score (nSPS) is 10.7. The van der Waals surface area contributed by atoms with Gasteiger partial charge in [0.05, 0.1) is 5.69 Å². The lowest BCUT2D eigenvalue weighted by Gasteiger charge is -2.07. The second kappa shape index (κ2) is 5.23. The van der Waals surface area contributed by atoms with Crippen molar-refractivity contribution in [1.29, 1.82) is 0 Å². The topological polar surface area (TPSA) is 64.3 Å². The second-order valence-electron chi connectivity index (χ2n) is 3.44. The molecule has 0 saturated heterocycles. The Balaban J connectivity index is 2.47. The summed E-state index contributed by atoms with van der Waals surface area (Å²) in [6, 6.07) is 6.96. The molecule has 0 saturated carbocycles. The molecule has 0 spiro atoms. The highest BCUT2D eigenvalue weighted by Crippen LogP contribution is 2.22. The van der Waals surface area contributed by atoms with E-state index in [-0.39, 0.29) is 5.88 Å². The zero-order valence-electron chi connectivity index (χ0n) is 9.26. The van der Waals surface area contributed by atoms with Crippen molar-refractivity contribution in [1.82, 2.24) is 9.78 Å². The number of hydrogen-bond acceptors (Lipinski definition) is 3. The summed E-state index contributed by atoms with van der Waals surface area (Å²) in [5.41, 5.74) is -0.0434. The molecule has 0 unspecified atom stereocenters. The number of carboxylic acid groups (broad SMARTS) is 1. The van der Waals surface area contributed by atoms with Crippen LogP contribution in [0.3, 0.4) is 0 Å². The van der Waals surface area contributed by atoms with Crippen molar-refractivity contribution in [3.05, 3.63) is 41.0 Å². The minimum Gasteiger partial charge on any atom is -0.476 e. The van der Waals surface area contributed by atoms with E-state index in [2.05, 4.69) is 9.84 Å². The van der Waals surface area contributed by atoms with Crippen LogP contribution in [0.5, 0.6) is 5.88 Å². The number of hydrogen-bond donors (Lipinski definition) is 1. The summed E-state index contributed by atoms with van der Waals surface area (Å²) in [5.74, 6) is -1.71. The van der Waals surface area contributed by atoms with Gasteiger partial charge in [-0.3, -0.25) is 0 Å². The highest BCUT2D eigenvalue weighted by molar-refractivity contribution is 6.30. The number of ether oxygens (including phenoxy) is 1. The predicted molar refractivity (Wildman–Crippen MR) is 62.2 cm³/mol. The predicted octanol–water partition coefficient (Wildman–Crippen LogP) is 2.83. The molecule has 2 aromatic rings. The van der Waals surface area contributed by atoms with E-state index in [1.807, 2.05) is 0 Å². The SMILES string of the molecule is O=C(O)c1cc(OC(F)F)n(-c2ccc(Cl)cc2)n1. The van der Waals surface area contributed by atoms with Crippen LogP contribution < -0.4 is 4.74 Å². The Hall–Kier alpha value is -2.15. The Labute approximate surface area is 111 Å². The van der Waals surface area contributed by atoms with Crippen LogP contribution in [0.1, 0.15) is 10.5 Å². The molecule has 1 N–H and O–H groups in total. The van der Waals surface area contributed by atoms with Gasteiger partial charge >= 0.3 is 12.6 Å². The van der Waals surface area contributed by atoms with Gasteiger partial charge in [0.15, 0.2) is 5.69 Å². The van der Waals surface area contributed by atoms with E-state index >= 15 is 0 Å². The van der Waals surface area contributed by atoms with Gasteiger partial charge in [0.25, 0.3) is 0 Å². The van der Waals surface area contributed by atoms with Gasteiger partial charge in [-0.25, -0.2) is 9.48 Å². The van der Waals surface area contributed by atoms with Crippen LogP contribution in [0.15, 0.2) is 30.3 Å². The van der Waals surface area contributed by atoms with Crippen LogP contribution in [0.2, 0.25) is 5.02 Å². The Bertz CT molecular complexity index is 598. The monoisotopic (exact) mass is 288 g/mol. The standard InChI is InChI=1S/C11H7ClF2N2O3/c12-6-1-3-7(4-2-6)16-9(19-11(13)14)5-8(15-16)10(17)18/h1-5,11H,(H,17,18). The third kappa shape index (κ3) is 3.00. The fourth-order valence-corrected chi connectivity index (χ4v) is 1.54. The maximum atomic E-state index is 12.3. The summed E-state index contributed by atoms with van der Waals surface area (Å²) >= 11 is 5.70. The van der Waals surface area contributed by atoms with Crippen molar-refractivity contribution in [3.63, 3.8) is 0 Å². The van der Waals surface area contributed by atoms with Crippen molar-refractivity contribution >= 4 is 17.6 Å². The number of carbonyl (C=O) groups is 1. The number of carboxylic acids is 1. The summed E-state index contributed by atoms with van der Waals surface area (Å²) in [6.07, 6.45) is 0. The average Bonchev–Trinajstić information content (AvgIpc) is 2.73. The molecule has 0 aliphatic carbocycles. The highest BCUT2D eigenvalue weighted by atomic mass is 35.5. The average molecular weight is 289 g/mol. The lowest BCUT2D eigenvalue weighted by atomic mass is 10.3. The molecule has 0 aliphatic rings. The van der Waals surface area contributed by atoms with Crippen LogP contribution in [0, 0.1) is 0 Å². The quantitative estimate of drug-likeness (QED) is 0.939. The molecule has 1 aromatic carbocycles. The van der Waals surface area contributed by atoms with Gasteiger partial charge in [0.1, 0.15) is 0 Å². The van der Waals surface area contributed by atoms with Gasteiger partial charge in [-0.1, -0.05) is 11.6 Å². The van der Waals surface area contributed by atoms with Gasteiger partial charge in [-0.2, -0.15) is 13.9 Å². The first-order valence-corrected chi connectivity index (χ1v) is 5.39. The van der Waals surface area contributed by atoms with Gasteiger partial charge in [-0.05, 0) is 24.3 Å². The van der Waals surface area contributed by atoms with E-state index in [1.54, 1.807) is 0 Å². The summed E-state index contributed by atoms with van der Waals surface area (Å²) < 4.78 is 29.7. The molecule has 1 aromatic heterocycles. The number of rotatable bonds is 4. The smallest absolute Gasteiger partial charge is 0.388 e. The molecular weight excluding hydrogens is 282 g/mol. The number of alkyl halides is 2. The van der Waals surface area contributed by atoms with Crippen LogP contribution in [-0.4, -0.2) is 27.5 Å². The van der Waals surface area contributed by atoms with Gasteiger partial charge < -0.3 is 9.84 Å².